The molecular formula is C31H45N3O3. The first-order valence-electron chi connectivity index (χ1n) is 14.1. The molecule has 1 aromatic carbocycles. The van der Waals surface area contributed by atoms with Crippen LogP contribution in [0.4, 0.5) is 0 Å². The molecule has 6 heteroatoms. The third-order valence-corrected chi connectivity index (χ3v) is 7.62. The van der Waals surface area contributed by atoms with Crippen molar-refractivity contribution >= 4 is 11.8 Å². The van der Waals surface area contributed by atoms with Gasteiger partial charge in [0.1, 0.15) is 23.0 Å². The Morgan fingerprint density at radius 2 is 1.78 bits per heavy atom. The quantitative estimate of drug-likeness (QED) is 0.313. The molecule has 0 spiro atoms. The van der Waals surface area contributed by atoms with E-state index in [1.807, 2.05) is 26.8 Å². The standard InChI is InChI=1S/C31H45N3O3/c1-19(2)12-22-14-24(15-22)29-32-33-30(34(29)26-10-11-26)25(18-28(36)37-31(5,6)7)17-27(35)16-23-9-8-20(3)13-21(23)4/h8-9,13,19,22,24-26H,10-12,14-18H2,1-7H3. The molecule has 0 N–H and O–H groups in total. The summed E-state index contributed by atoms with van der Waals surface area (Å²) in [7, 11) is 0. The molecule has 202 valence electrons. The van der Waals surface area contributed by atoms with E-state index in [4.69, 9.17) is 4.74 Å². The molecule has 0 saturated heterocycles. The van der Waals surface area contributed by atoms with Crippen LogP contribution in [0.3, 0.4) is 0 Å². The van der Waals surface area contributed by atoms with E-state index in [0.717, 1.165) is 54.4 Å². The molecule has 37 heavy (non-hydrogen) atoms. The second-order valence-corrected chi connectivity index (χ2v) is 13.0. The van der Waals surface area contributed by atoms with Crippen LogP contribution >= 0.6 is 0 Å². The summed E-state index contributed by atoms with van der Waals surface area (Å²) < 4.78 is 7.97. The Kier molecular flexibility index (Phi) is 8.25. The fourth-order valence-electron chi connectivity index (χ4n) is 5.83. The molecule has 6 nitrogen and oxygen atoms in total. The number of rotatable bonds is 11. The van der Waals surface area contributed by atoms with E-state index in [1.165, 1.54) is 12.0 Å². The molecule has 2 aliphatic rings. The normalized spacial score (nSPS) is 20.5. The van der Waals surface area contributed by atoms with E-state index < -0.39 is 5.60 Å². The number of Topliss-reactive ketones (excluding diaryl/α,β-unsaturated/α-hetero) is 1. The number of carbonyl (C=O) groups excluding carboxylic acids is 2. The van der Waals surface area contributed by atoms with Crippen molar-refractivity contribution in [3.63, 3.8) is 0 Å². The zero-order chi connectivity index (χ0) is 26.9. The largest absolute Gasteiger partial charge is 0.460 e. The number of benzene rings is 1. The zero-order valence-corrected chi connectivity index (χ0v) is 23.8. The number of carbonyl (C=O) groups is 2. The molecule has 1 heterocycles. The number of nitrogens with zero attached hydrogens (tertiary/aromatic N) is 3. The summed E-state index contributed by atoms with van der Waals surface area (Å²) in [6.45, 7) is 14.3. The summed E-state index contributed by atoms with van der Waals surface area (Å²) in [5.74, 6) is 3.26. The molecule has 0 aliphatic heterocycles. The molecular weight excluding hydrogens is 462 g/mol. The minimum absolute atomic E-state index is 0.119. The van der Waals surface area contributed by atoms with Gasteiger partial charge >= 0.3 is 5.97 Å². The molecule has 2 aromatic rings. The van der Waals surface area contributed by atoms with Crippen LogP contribution in [0.25, 0.3) is 0 Å². The fourth-order valence-corrected chi connectivity index (χ4v) is 5.83. The average molecular weight is 508 g/mol. The van der Waals surface area contributed by atoms with Crippen LogP contribution in [-0.2, 0) is 20.7 Å². The lowest BCUT2D eigenvalue weighted by molar-refractivity contribution is -0.155. The van der Waals surface area contributed by atoms with Gasteiger partial charge < -0.3 is 9.30 Å². The summed E-state index contributed by atoms with van der Waals surface area (Å²) in [6.07, 6.45) is 6.55. The van der Waals surface area contributed by atoms with E-state index in [1.54, 1.807) is 0 Å². The van der Waals surface area contributed by atoms with Crippen LogP contribution in [0.2, 0.25) is 0 Å². The van der Waals surface area contributed by atoms with Gasteiger partial charge in [-0.25, -0.2) is 0 Å². The lowest BCUT2D eigenvalue weighted by atomic mass is 9.71. The van der Waals surface area contributed by atoms with Crippen molar-refractivity contribution in [2.45, 2.75) is 123 Å². The first-order valence-corrected chi connectivity index (χ1v) is 14.1. The maximum absolute atomic E-state index is 13.3. The van der Waals surface area contributed by atoms with Crippen LogP contribution in [0.5, 0.6) is 0 Å². The van der Waals surface area contributed by atoms with Crippen molar-refractivity contribution < 1.29 is 14.3 Å². The molecule has 4 rings (SSSR count). The van der Waals surface area contributed by atoms with Gasteiger partial charge in [-0.15, -0.1) is 10.2 Å². The van der Waals surface area contributed by atoms with E-state index >= 15 is 0 Å². The maximum Gasteiger partial charge on any atom is 0.307 e. The lowest BCUT2D eigenvalue weighted by Gasteiger charge is -2.36. The zero-order valence-electron chi connectivity index (χ0n) is 23.8. The van der Waals surface area contributed by atoms with Gasteiger partial charge in [0.25, 0.3) is 0 Å². The van der Waals surface area contributed by atoms with Gasteiger partial charge in [0.05, 0.1) is 6.42 Å². The summed E-state index contributed by atoms with van der Waals surface area (Å²) >= 11 is 0. The maximum atomic E-state index is 13.3. The predicted molar refractivity (Wildman–Crippen MR) is 146 cm³/mol. The fraction of sp³-hybridized carbons (Fsp3) is 0.677. The van der Waals surface area contributed by atoms with E-state index in [-0.39, 0.29) is 30.5 Å². The third-order valence-electron chi connectivity index (χ3n) is 7.62. The lowest BCUT2D eigenvalue weighted by Crippen LogP contribution is -2.28. The Labute approximate surface area is 222 Å². The highest BCUT2D eigenvalue weighted by Gasteiger charge is 2.40. The van der Waals surface area contributed by atoms with Gasteiger partial charge in [0, 0.05) is 30.7 Å². The predicted octanol–water partition coefficient (Wildman–Crippen LogP) is 6.79. The summed E-state index contributed by atoms with van der Waals surface area (Å²) in [4.78, 5) is 26.3. The molecule has 0 bridgehead atoms. The minimum atomic E-state index is -0.572. The topological polar surface area (TPSA) is 74.1 Å². The summed E-state index contributed by atoms with van der Waals surface area (Å²) in [5, 5.41) is 9.34. The number of ketones is 1. The van der Waals surface area contributed by atoms with Gasteiger partial charge in [-0.2, -0.15) is 0 Å². The van der Waals surface area contributed by atoms with Crippen molar-refractivity contribution in [2.24, 2.45) is 11.8 Å². The van der Waals surface area contributed by atoms with Crippen LogP contribution in [0.1, 0.15) is 126 Å². The summed E-state index contributed by atoms with van der Waals surface area (Å²) in [5.41, 5.74) is 2.79. The SMILES string of the molecule is Cc1ccc(CC(=O)CC(CC(=O)OC(C)(C)C)c2nnc(C3CC(CC(C)C)C3)n2C2CC2)c(C)c1. The number of hydrogen-bond donors (Lipinski definition) is 0. The van der Waals surface area contributed by atoms with Crippen LogP contribution in [-0.4, -0.2) is 32.1 Å². The Bertz CT molecular complexity index is 1120. The second kappa shape index (κ2) is 11.1. The summed E-state index contributed by atoms with van der Waals surface area (Å²) in [6, 6.07) is 6.59. The van der Waals surface area contributed by atoms with Crippen molar-refractivity contribution in [2.75, 3.05) is 0 Å². The number of esters is 1. The van der Waals surface area contributed by atoms with Crippen molar-refractivity contribution in [3.8, 4) is 0 Å². The highest BCUT2D eigenvalue weighted by atomic mass is 16.6. The smallest absolute Gasteiger partial charge is 0.307 e. The van der Waals surface area contributed by atoms with Crippen LogP contribution in [0, 0.1) is 25.7 Å². The van der Waals surface area contributed by atoms with Gasteiger partial charge in [-0.3, -0.25) is 9.59 Å². The van der Waals surface area contributed by atoms with Crippen LogP contribution < -0.4 is 0 Å². The number of aromatic nitrogens is 3. The molecule has 0 amide bonds. The number of ether oxygens (including phenoxy) is 1. The van der Waals surface area contributed by atoms with Gasteiger partial charge in [-0.1, -0.05) is 37.6 Å². The third kappa shape index (κ3) is 7.30. The van der Waals surface area contributed by atoms with E-state index in [2.05, 4.69) is 54.6 Å². The average Bonchev–Trinajstić information content (AvgIpc) is 3.49. The van der Waals surface area contributed by atoms with Gasteiger partial charge in [-0.05, 0) is 89.7 Å². The first kappa shape index (κ1) is 27.5. The Morgan fingerprint density at radius 1 is 1.08 bits per heavy atom. The first-order chi connectivity index (χ1) is 17.4. The second-order valence-electron chi connectivity index (χ2n) is 13.0. The minimum Gasteiger partial charge on any atom is -0.460 e. The van der Waals surface area contributed by atoms with Gasteiger partial charge in [0.15, 0.2) is 0 Å². The van der Waals surface area contributed by atoms with Crippen molar-refractivity contribution in [3.05, 3.63) is 46.5 Å². The molecule has 2 aliphatic carbocycles. The van der Waals surface area contributed by atoms with E-state index in [0.29, 0.717) is 24.3 Å². The molecule has 1 atom stereocenters. The molecule has 1 unspecified atom stereocenters. The van der Waals surface area contributed by atoms with Gasteiger partial charge in [0.2, 0.25) is 0 Å². The number of aryl methyl sites for hydroxylation is 2. The monoisotopic (exact) mass is 507 g/mol. The Hall–Kier alpha value is -2.50. The number of hydrogen-bond acceptors (Lipinski definition) is 5. The Balaban J connectivity index is 1.56. The molecule has 2 fully saturated rings. The Morgan fingerprint density at radius 3 is 2.38 bits per heavy atom. The molecule has 2 saturated carbocycles. The molecule has 1 aromatic heterocycles. The molecule has 0 radical (unpaired) electrons. The van der Waals surface area contributed by atoms with Crippen molar-refractivity contribution in [1.29, 1.82) is 0 Å². The highest BCUT2D eigenvalue weighted by molar-refractivity contribution is 5.83. The van der Waals surface area contributed by atoms with Crippen LogP contribution in [0.15, 0.2) is 18.2 Å². The van der Waals surface area contributed by atoms with E-state index in [9.17, 15) is 9.59 Å². The highest BCUT2D eigenvalue weighted by Crippen LogP contribution is 2.48. The van der Waals surface area contributed by atoms with Crippen molar-refractivity contribution in [1.82, 2.24) is 14.8 Å².